The second-order valence-corrected chi connectivity index (χ2v) is 7.04. The van der Waals surface area contributed by atoms with Crippen molar-refractivity contribution in [3.8, 4) is 0 Å². The molecule has 0 bridgehead atoms. The zero-order valence-electron chi connectivity index (χ0n) is 13.5. The molecule has 1 fully saturated rings. The molecule has 0 spiro atoms. The fourth-order valence-corrected chi connectivity index (χ4v) is 3.94. The van der Waals surface area contributed by atoms with E-state index in [4.69, 9.17) is 0 Å². The van der Waals surface area contributed by atoms with E-state index >= 15 is 0 Å². The molecular formula is C18H17BrN4O2. The van der Waals surface area contributed by atoms with Gasteiger partial charge in [0.05, 0.1) is 10.5 Å². The molecule has 2 aromatic rings. The quantitative estimate of drug-likeness (QED) is 0.794. The topological polar surface area (TPSA) is 74.3 Å². The summed E-state index contributed by atoms with van der Waals surface area (Å²) in [6, 6.07) is 8.76. The van der Waals surface area contributed by atoms with Crippen molar-refractivity contribution in [2.24, 2.45) is 0 Å². The fourth-order valence-electron chi connectivity index (χ4n) is 3.59. The maximum Gasteiger partial charge on any atom is 0.324 e. The van der Waals surface area contributed by atoms with Crippen molar-refractivity contribution in [1.82, 2.24) is 9.88 Å². The highest BCUT2D eigenvalue weighted by Crippen LogP contribution is 2.43. The van der Waals surface area contributed by atoms with E-state index in [1.165, 1.54) is 0 Å². The second kappa shape index (κ2) is 6.48. The number of nitrogens with zero attached hydrogens (tertiary/aromatic N) is 2. The first-order valence-electron chi connectivity index (χ1n) is 8.27. The molecule has 1 atom stereocenters. The van der Waals surface area contributed by atoms with Crippen LogP contribution in [-0.4, -0.2) is 28.4 Å². The molecule has 2 aliphatic heterocycles. The molecule has 25 heavy (non-hydrogen) atoms. The molecule has 0 radical (unpaired) electrons. The summed E-state index contributed by atoms with van der Waals surface area (Å²) < 4.78 is 0.706. The van der Waals surface area contributed by atoms with Gasteiger partial charge < -0.3 is 10.2 Å². The van der Waals surface area contributed by atoms with Crippen molar-refractivity contribution in [3.05, 3.63) is 52.1 Å². The summed E-state index contributed by atoms with van der Waals surface area (Å²) in [5.74, 6) is 0.513. The van der Waals surface area contributed by atoms with Gasteiger partial charge in [0.25, 0.3) is 5.91 Å². The van der Waals surface area contributed by atoms with Crippen molar-refractivity contribution in [1.29, 1.82) is 0 Å². The number of hydrogen-bond donors (Lipinski definition) is 2. The molecule has 1 aromatic heterocycles. The molecule has 3 heterocycles. The van der Waals surface area contributed by atoms with Gasteiger partial charge in [-0.05, 0) is 59.5 Å². The number of carbonyl (C=O) groups is 2. The van der Waals surface area contributed by atoms with E-state index in [1.807, 2.05) is 23.1 Å². The van der Waals surface area contributed by atoms with Gasteiger partial charge in [0.1, 0.15) is 5.82 Å². The van der Waals surface area contributed by atoms with Crippen LogP contribution in [0.3, 0.4) is 0 Å². The van der Waals surface area contributed by atoms with Gasteiger partial charge in [0.15, 0.2) is 0 Å². The Balaban J connectivity index is 1.59. The Kier molecular flexibility index (Phi) is 4.17. The normalized spacial score (nSPS) is 18.5. The van der Waals surface area contributed by atoms with Crippen molar-refractivity contribution in [2.45, 2.75) is 25.3 Å². The van der Waals surface area contributed by atoms with E-state index in [1.54, 1.807) is 18.3 Å². The van der Waals surface area contributed by atoms with Crippen LogP contribution in [0, 0.1) is 0 Å². The summed E-state index contributed by atoms with van der Waals surface area (Å²) in [7, 11) is 0. The van der Waals surface area contributed by atoms with Gasteiger partial charge in [0.2, 0.25) is 0 Å². The Labute approximate surface area is 153 Å². The average molecular weight is 401 g/mol. The summed E-state index contributed by atoms with van der Waals surface area (Å²) in [6.07, 6.45) is 4.67. The number of amides is 3. The highest BCUT2D eigenvalue weighted by molar-refractivity contribution is 9.10. The first kappa shape index (κ1) is 16.1. The fraction of sp³-hybridized carbons (Fsp3) is 0.278. The lowest BCUT2D eigenvalue weighted by Gasteiger charge is -2.30. The Morgan fingerprint density at radius 3 is 2.92 bits per heavy atom. The van der Waals surface area contributed by atoms with Crippen LogP contribution >= 0.6 is 15.9 Å². The molecule has 1 aromatic carbocycles. The number of rotatable bonds is 2. The smallest absolute Gasteiger partial charge is 0.324 e. The number of halogens is 1. The summed E-state index contributed by atoms with van der Waals surface area (Å²) in [6.45, 7) is 0.782. The van der Waals surface area contributed by atoms with E-state index in [-0.39, 0.29) is 18.0 Å². The number of nitrogens with one attached hydrogen (secondary N) is 2. The Morgan fingerprint density at radius 2 is 2.08 bits per heavy atom. The first-order chi connectivity index (χ1) is 12.1. The van der Waals surface area contributed by atoms with Crippen molar-refractivity contribution in [3.63, 3.8) is 0 Å². The molecule has 1 unspecified atom stereocenters. The monoisotopic (exact) mass is 400 g/mol. The molecule has 0 aliphatic carbocycles. The van der Waals surface area contributed by atoms with Crippen LogP contribution in [0.1, 0.15) is 41.2 Å². The molecule has 2 N–H and O–H groups in total. The molecule has 1 saturated heterocycles. The predicted molar refractivity (Wildman–Crippen MR) is 98.6 cm³/mol. The van der Waals surface area contributed by atoms with Crippen LogP contribution in [0.2, 0.25) is 0 Å². The Morgan fingerprint density at radius 1 is 1.20 bits per heavy atom. The molecule has 6 nitrogen and oxygen atoms in total. The van der Waals surface area contributed by atoms with E-state index in [0.29, 0.717) is 21.5 Å². The van der Waals surface area contributed by atoms with Crippen LogP contribution in [0.15, 0.2) is 41.0 Å². The van der Waals surface area contributed by atoms with E-state index in [2.05, 4.69) is 31.5 Å². The van der Waals surface area contributed by atoms with Gasteiger partial charge in [-0.2, -0.15) is 0 Å². The van der Waals surface area contributed by atoms with E-state index in [0.717, 1.165) is 31.4 Å². The zero-order chi connectivity index (χ0) is 17.4. The number of aromatic nitrogens is 1. The van der Waals surface area contributed by atoms with E-state index < -0.39 is 0 Å². The maximum atomic E-state index is 12.6. The van der Waals surface area contributed by atoms with Crippen LogP contribution in [-0.2, 0) is 0 Å². The summed E-state index contributed by atoms with van der Waals surface area (Å²) >= 11 is 3.36. The van der Waals surface area contributed by atoms with Crippen LogP contribution < -0.4 is 10.6 Å². The second-order valence-electron chi connectivity index (χ2n) is 6.19. The van der Waals surface area contributed by atoms with E-state index in [9.17, 15) is 9.59 Å². The third kappa shape index (κ3) is 2.89. The van der Waals surface area contributed by atoms with Gasteiger partial charge in [-0.25, -0.2) is 9.78 Å². The highest BCUT2D eigenvalue weighted by atomic mass is 79.9. The summed E-state index contributed by atoms with van der Waals surface area (Å²) in [4.78, 5) is 31.0. The summed E-state index contributed by atoms with van der Waals surface area (Å²) in [5, 5.41) is 5.61. The van der Waals surface area contributed by atoms with Crippen molar-refractivity contribution in [2.75, 3.05) is 17.2 Å². The number of urea groups is 1. The molecule has 2 aliphatic rings. The third-order valence-electron chi connectivity index (χ3n) is 4.67. The molecule has 7 heteroatoms. The lowest BCUT2D eigenvalue weighted by Crippen LogP contribution is -2.32. The number of piperidine rings is 1. The third-order valence-corrected chi connectivity index (χ3v) is 5.31. The van der Waals surface area contributed by atoms with Gasteiger partial charge >= 0.3 is 6.03 Å². The molecule has 3 amide bonds. The summed E-state index contributed by atoms with van der Waals surface area (Å²) in [5.41, 5.74) is 2.32. The average Bonchev–Trinajstić information content (AvgIpc) is 2.91. The van der Waals surface area contributed by atoms with Gasteiger partial charge in [-0.3, -0.25) is 10.1 Å². The lowest BCUT2D eigenvalue weighted by atomic mass is 9.96. The molecule has 128 valence electrons. The first-order valence-corrected chi connectivity index (χ1v) is 9.07. The SMILES string of the molecule is O=C(Nc1cccc2c1C1CCCCN1C2=O)Nc1ncccc1Br. The molecule has 4 rings (SSSR count). The number of fused-ring (bicyclic) bond motifs is 3. The number of hydrogen-bond acceptors (Lipinski definition) is 3. The molecular weight excluding hydrogens is 384 g/mol. The van der Waals surface area contributed by atoms with Crippen molar-refractivity contribution >= 4 is 39.4 Å². The number of pyridine rings is 1. The zero-order valence-corrected chi connectivity index (χ0v) is 15.0. The van der Waals surface area contributed by atoms with Crippen LogP contribution in [0.4, 0.5) is 16.3 Å². The lowest BCUT2D eigenvalue weighted by molar-refractivity contribution is 0.0672. The number of carbonyl (C=O) groups excluding carboxylic acids is 2. The Bertz CT molecular complexity index is 855. The number of anilines is 2. The van der Waals surface area contributed by atoms with Crippen molar-refractivity contribution < 1.29 is 9.59 Å². The van der Waals surface area contributed by atoms with Gasteiger partial charge in [-0.15, -0.1) is 0 Å². The Hall–Kier alpha value is -2.41. The highest BCUT2D eigenvalue weighted by Gasteiger charge is 2.39. The maximum absolute atomic E-state index is 12.6. The standard InChI is InChI=1S/C18H17BrN4O2/c19-12-6-4-9-20-16(12)22-18(25)21-13-7-3-5-11-15(13)14-8-1-2-10-23(14)17(11)24/h3-7,9,14H,1-2,8,10H2,(H2,20,21,22,25). The van der Waals surface area contributed by atoms with Crippen LogP contribution in [0.5, 0.6) is 0 Å². The molecule has 0 saturated carbocycles. The van der Waals surface area contributed by atoms with Gasteiger partial charge in [-0.1, -0.05) is 6.07 Å². The predicted octanol–water partition coefficient (Wildman–Crippen LogP) is 4.17. The largest absolute Gasteiger partial charge is 0.331 e. The number of benzene rings is 1. The minimum Gasteiger partial charge on any atom is -0.331 e. The minimum absolute atomic E-state index is 0.0642. The minimum atomic E-state index is -0.380. The van der Waals surface area contributed by atoms with Gasteiger partial charge in [0, 0.05) is 29.6 Å². The van der Waals surface area contributed by atoms with Crippen LogP contribution in [0.25, 0.3) is 0 Å².